The van der Waals surface area contributed by atoms with Gasteiger partial charge in [-0.1, -0.05) is 34.1 Å². The van der Waals surface area contributed by atoms with Crippen molar-refractivity contribution in [1.82, 2.24) is 0 Å². The molecule has 0 aromatic rings. The largest absolute Gasteiger partial charge is 0.330 e. The van der Waals surface area contributed by atoms with Gasteiger partial charge >= 0.3 is 0 Å². The Hall–Kier alpha value is -0.0800. The fourth-order valence-electron chi connectivity index (χ4n) is 3.16. The van der Waals surface area contributed by atoms with E-state index in [0.717, 1.165) is 25.8 Å². The minimum absolute atomic E-state index is 0.00506. The van der Waals surface area contributed by atoms with Crippen LogP contribution in [-0.2, 0) is 0 Å². The van der Waals surface area contributed by atoms with Gasteiger partial charge < -0.3 is 11.5 Å². The Labute approximate surface area is 102 Å². The molecule has 2 heteroatoms. The van der Waals surface area contributed by atoms with Gasteiger partial charge in [-0.3, -0.25) is 0 Å². The van der Waals surface area contributed by atoms with Crippen molar-refractivity contribution in [2.75, 3.05) is 6.54 Å². The fraction of sp³-hybridized carbons (Fsp3) is 1.00. The van der Waals surface area contributed by atoms with E-state index in [1.807, 2.05) is 0 Å². The summed E-state index contributed by atoms with van der Waals surface area (Å²) in [5.41, 5.74) is 12.5. The zero-order valence-corrected chi connectivity index (χ0v) is 11.8. The van der Waals surface area contributed by atoms with Gasteiger partial charge in [-0.2, -0.15) is 0 Å². The SMILES string of the molecule is CCC(N)(CC)C(CC)(CC)CCCCN. The first-order chi connectivity index (χ1) is 7.55. The summed E-state index contributed by atoms with van der Waals surface area (Å²) in [7, 11) is 0. The molecule has 0 heterocycles. The van der Waals surface area contributed by atoms with Gasteiger partial charge in [-0.15, -0.1) is 0 Å². The lowest BCUT2D eigenvalue weighted by Gasteiger charge is -2.48. The van der Waals surface area contributed by atoms with Crippen molar-refractivity contribution in [3.05, 3.63) is 0 Å². The maximum atomic E-state index is 6.65. The van der Waals surface area contributed by atoms with Crippen LogP contribution in [-0.4, -0.2) is 12.1 Å². The van der Waals surface area contributed by atoms with E-state index in [9.17, 15) is 0 Å². The summed E-state index contributed by atoms with van der Waals surface area (Å²) in [5, 5.41) is 0. The third-order valence-electron chi connectivity index (χ3n) is 4.78. The summed E-state index contributed by atoms with van der Waals surface area (Å²) in [6.45, 7) is 9.84. The Kier molecular flexibility index (Phi) is 7.25. The number of hydrogen-bond donors (Lipinski definition) is 2. The van der Waals surface area contributed by atoms with Gasteiger partial charge in [0, 0.05) is 5.54 Å². The van der Waals surface area contributed by atoms with E-state index in [-0.39, 0.29) is 5.54 Å². The standard InChI is InChI=1S/C14H32N2/c1-5-13(6-2,11-9-10-12-15)14(16,7-3)8-4/h5-12,15-16H2,1-4H3. The van der Waals surface area contributed by atoms with Crippen molar-refractivity contribution in [1.29, 1.82) is 0 Å². The molecule has 0 bridgehead atoms. The third-order valence-corrected chi connectivity index (χ3v) is 4.78. The molecule has 0 aliphatic rings. The number of rotatable bonds is 9. The zero-order valence-electron chi connectivity index (χ0n) is 11.8. The highest BCUT2D eigenvalue weighted by atomic mass is 14.8. The zero-order chi connectivity index (χ0) is 12.7. The second-order valence-electron chi connectivity index (χ2n) is 5.10. The van der Waals surface area contributed by atoms with Gasteiger partial charge in [-0.25, -0.2) is 0 Å². The highest BCUT2D eigenvalue weighted by Crippen LogP contribution is 2.45. The summed E-state index contributed by atoms with van der Waals surface area (Å²) in [4.78, 5) is 0. The molecule has 0 saturated carbocycles. The van der Waals surface area contributed by atoms with Gasteiger partial charge in [-0.05, 0) is 50.5 Å². The lowest BCUT2D eigenvalue weighted by atomic mass is 9.61. The first-order valence-electron chi connectivity index (χ1n) is 7.04. The van der Waals surface area contributed by atoms with E-state index in [0.29, 0.717) is 5.41 Å². The predicted octanol–water partition coefficient (Wildman–Crippen LogP) is 3.44. The van der Waals surface area contributed by atoms with Crippen LogP contribution in [0.4, 0.5) is 0 Å². The van der Waals surface area contributed by atoms with Crippen molar-refractivity contribution in [3.63, 3.8) is 0 Å². The highest BCUT2D eigenvalue weighted by molar-refractivity contribution is 4.99. The molecule has 0 aromatic heterocycles. The van der Waals surface area contributed by atoms with Crippen LogP contribution >= 0.6 is 0 Å². The maximum Gasteiger partial charge on any atom is 0.0205 e. The molecular formula is C14H32N2. The first kappa shape index (κ1) is 15.9. The molecule has 0 amide bonds. The minimum Gasteiger partial charge on any atom is -0.330 e. The van der Waals surface area contributed by atoms with Crippen molar-refractivity contribution in [2.24, 2.45) is 16.9 Å². The van der Waals surface area contributed by atoms with Gasteiger partial charge in [0.05, 0.1) is 0 Å². The number of hydrogen-bond acceptors (Lipinski definition) is 2. The monoisotopic (exact) mass is 228 g/mol. The summed E-state index contributed by atoms with van der Waals surface area (Å²) < 4.78 is 0. The molecule has 0 radical (unpaired) electrons. The molecule has 98 valence electrons. The molecule has 0 rings (SSSR count). The Balaban J connectivity index is 4.77. The lowest BCUT2D eigenvalue weighted by molar-refractivity contribution is 0.0806. The van der Waals surface area contributed by atoms with Crippen LogP contribution in [0.5, 0.6) is 0 Å². The van der Waals surface area contributed by atoms with Crippen LogP contribution in [0.1, 0.15) is 72.6 Å². The van der Waals surface area contributed by atoms with Crippen molar-refractivity contribution >= 4 is 0 Å². The second kappa shape index (κ2) is 7.29. The Morgan fingerprint density at radius 1 is 0.812 bits per heavy atom. The molecule has 0 spiro atoms. The molecule has 2 nitrogen and oxygen atoms in total. The summed E-state index contributed by atoms with van der Waals surface area (Å²) in [6.07, 6.45) is 8.11. The van der Waals surface area contributed by atoms with E-state index >= 15 is 0 Å². The van der Waals surface area contributed by atoms with E-state index < -0.39 is 0 Å². The maximum absolute atomic E-state index is 6.65. The van der Waals surface area contributed by atoms with E-state index in [1.54, 1.807) is 0 Å². The van der Waals surface area contributed by atoms with Gasteiger partial charge in [0.2, 0.25) is 0 Å². The molecule has 4 N–H and O–H groups in total. The summed E-state index contributed by atoms with van der Waals surface area (Å²) >= 11 is 0. The first-order valence-corrected chi connectivity index (χ1v) is 7.04. The van der Waals surface area contributed by atoms with E-state index in [2.05, 4.69) is 27.7 Å². The molecule has 0 fully saturated rings. The molecule has 16 heavy (non-hydrogen) atoms. The second-order valence-corrected chi connectivity index (χ2v) is 5.10. The minimum atomic E-state index is 0.00506. The summed E-state index contributed by atoms with van der Waals surface area (Å²) in [6, 6.07) is 0. The van der Waals surface area contributed by atoms with Crippen LogP contribution in [0.25, 0.3) is 0 Å². The van der Waals surface area contributed by atoms with Crippen LogP contribution in [0.15, 0.2) is 0 Å². The van der Waals surface area contributed by atoms with Crippen LogP contribution in [0.3, 0.4) is 0 Å². The van der Waals surface area contributed by atoms with E-state index in [1.165, 1.54) is 25.7 Å². The molecule has 0 aliphatic carbocycles. The van der Waals surface area contributed by atoms with Crippen molar-refractivity contribution in [2.45, 2.75) is 78.2 Å². The number of nitrogens with two attached hydrogens (primary N) is 2. The topological polar surface area (TPSA) is 52.0 Å². The average Bonchev–Trinajstić information content (AvgIpc) is 2.34. The average molecular weight is 228 g/mol. The molecule has 0 atom stereocenters. The van der Waals surface area contributed by atoms with Gasteiger partial charge in [0.15, 0.2) is 0 Å². The highest BCUT2D eigenvalue weighted by Gasteiger charge is 2.42. The van der Waals surface area contributed by atoms with Crippen LogP contribution in [0, 0.1) is 5.41 Å². The van der Waals surface area contributed by atoms with E-state index in [4.69, 9.17) is 11.5 Å². The summed E-state index contributed by atoms with van der Waals surface area (Å²) in [5.74, 6) is 0. The molecule has 0 aromatic carbocycles. The lowest BCUT2D eigenvalue weighted by Crippen LogP contribution is -2.54. The smallest absolute Gasteiger partial charge is 0.0205 e. The molecular weight excluding hydrogens is 196 g/mol. The molecule has 0 saturated heterocycles. The molecule has 0 unspecified atom stereocenters. The van der Waals surface area contributed by atoms with Crippen LogP contribution < -0.4 is 11.5 Å². The Bertz CT molecular complexity index is 170. The predicted molar refractivity (Wildman–Crippen MR) is 73.4 cm³/mol. The van der Waals surface area contributed by atoms with Crippen molar-refractivity contribution in [3.8, 4) is 0 Å². The number of unbranched alkanes of at least 4 members (excludes halogenated alkanes) is 1. The third kappa shape index (κ3) is 3.21. The van der Waals surface area contributed by atoms with Crippen molar-refractivity contribution < 1.29 is 0 Å². The van der Waals surface area contributed by atoms with Gasteiger partial charge in [0.25, 0.3) is 0 Å². The molecule has 0 aliphatic heterocycles. The quantitative estimate of drug-likeness (QED) is 0.594. The normalized spacial score (nSPS) is 13.1. The van der Waals surface area contributed by atoms with Gasteiger partial charge in [0.1, 0.15) is 0 Å². The fourth-order valence-corrected chi connectivity index (χ4v) is 3.16. The Morgan fingerprint density at radius 3 is 1.62 bits per heavy atom. The Morgan fingerprint density at radius 2 is 1.31 bits per heavy atom. The van der Waals surface area contributed by atoms with Crippen LogP contribution in [0.2, 0.25) is 0 Å².